The minimum atomic E-state index is 0.565. The second kappa shape index (κ2) is 6.66. The van der Waals surface area contributed by atoms with E-state index in [4.69, 9.17) is 0 Å². The lowest BCUT2D eigenvalue weighted by atomic mass is 10.1. The van der Waals surface area contributed by atoms with Crippen LogP contribution in [-0.2, 0) is 13.5 Å². The molecule has 0 aliphatic heterocycles. The van der Waals surface area contributed by atoms with E-state index < -0.39 is 0 Å². The molecule has 4 heteroatoms. The van der Waals surface area contributed by atoms with Crippen LogP contribution < -0.4 is 5.32 Å². The molecule has 0 spiro atoms. The highest BCUT2D eigenvalue weighted by molar-refractivity contribution is 5.00. The first-order valence-electron chi connectivity index (χ1n) is 5.98. The zero-order valence-corrected chi connectivity index (χ0v) is 10.9. The van der Waals surface area contributed by atoms with Crippen molar-refractivity contribution in [2.75, 3.05) is 27.2 Å². The van der Waals surface area contributed by atoms with Crippen molar-refractivity contribution in [1.82, 2.24) is 20.0 Å². The van der Waals surface area contributed by atoms with Crippen LogP contribution >= 0.6 is 0 Å². The van der Waals surface area contributed by atoms with Crippen molar-refractivity contribution >= 4 is 0 Å². The molecular formula is C12H24N4. The normalized spacial score (nSPS) is 13.3. The van der Waals surface area contributed by atoms with E-state index in [2.05, 4.69) is 42.4 Å². The Morgan fingerprint density at radius 3 is 2.75 bits per heavy atom. The van der Waals surface area contributed by atoms with Gasteiger partial charge in [-0.2, -0.15) is 5.10 Å². The summed E-state index contributed by atoms with van der Waals surface area (Å²) in [5.41, 5.74) is 1.31. The fourth-order valence-electron chi connectivity index (χ4n) is 1.96. The average molecular weight is 224 g/mol. The maximum Gasteiger partial charge on any atom is 0.0492 e. The van der Waals surface area contributed by atoms with Crippen molar-refractivity contribution in [3.63, 3.8) is 0 Å². The van der Waals surface area contributed by atoms with Gasteiger partial charge in [-0.3, -0.25) is 4.68 Å². The van der Waals surface area contributed by atoms with Gasteiger partial charge in [0.25, 0.3) is 0 Å². The van der Waals surface area contributed by atoms with Crippen LogP contribution in [0.25, 0.3) is 0 Å². The molecular weight excluding hydrogens is 200 g/mol. The number of hydrogen-bond donors (Lipinski definition) is 1. The number of aromatic nitrogens is 2. The van der Waals surface area contributed by atoms with E-state index in [1.54, 1.807) is 0 Å². The third kappa shape index (κ3) is 4.33. The molecule has 1 heterocycles. The summed E-state index contributed by atoms with van der Waals surface area (Å²) in [7, 11) is 6.24. The van der Waals surface area contributed by atoms with Crippen LogP contribution in [0.3, 0.4) is 0 Å². The zero-order valence-electron chi connectivity index (χ0n) is 10.9. The Kier molecular flexibility index (Phi) is 5.49. The van der Waals surface area contributed by atoms with Gasteiger partial charge in [-0.15, -0.1) is 0 Å². The number of likely N-dealkylation sites (N-methyl/N-ethyl adjacent to an activating group) is 2. The quantitative estimate of drug-likeness (QED) is 0.747. The van der Waals surface area contributed by atoms with Crippen LogP contribution in [0.2, 0.25) is 0 Å². The third-order valence-corrected chi connectivity index (χ3v) is 2.75. The van der Waals surface area contributed by atoms with Crippen LogP contribution in [0, 0.1) is 0 Å². The summed E-state index contributed by atoms with van der Waals surface area (Å²) in [5, 5.41) is 7.71. The molecule has 16 heavy (non-hydrogen) atoms. The second-order valence-electron chi connectivity index (χ2n) is 4.50. The molecule has 0 saturated heterocycles. The first-order chi connectivity index (χ1) is 7.63. The number of hydrogen-bond acceptors (Lipinski definition) is 3. The molecule has 0 saturated carbocycles. The molecule has 1 unspecified atom stereocenters. The molecule has 1 atom stereocenters. The van der Waals surface area contributed by atoms with Gasteiger partial charge < -0.3 is 10.2 Å². The number of nitrogens with zero attached hydrogens (tertiary/aromatic N) is 3. The lowest BCUT2D eigenvalue weighted by Gasteiger charge is -2.21. The van der Waals surface area contributed by atoms with Crippen molar-refractivity contribution in [3.05, 3.63) is 18.0 Å². The molecule has 1 rings (SSSR count). The van der Waals surface area contributed by atoms with Gasteiger partial charge in [0.05, 0.1) is 0 Å². The van der Waals surface area contributed by atoms with Crippen molar-refractivity contribution in [2.24, 2.45) is 7.05 Å². The first-order valence-corrected chi connectivity index (χ1v) is 5.98. The summed E-state index contributed by atoms with van der Waals surface area (Å²) < 4.78 is 1.96. The highest BCUT2D eigenvalue weighted by Crippen LogP contribution is 2.04. The Labute approximate surface area is 98.6 Å². The van der Waals surface area contributed by atoms with Crippen LogP contribution in [0.1, 0.15) is 19.0 Å². The maximum atomic E-state index is 4.19. The largest absolute Gasteiger partial charge is 0.313 e. The monoisotopic (exact) mass is 224 g/mol. The van der Waals surface area contributed by atoms with E-state index in [0.717, 1.165) is 25.9 Å². The topological polar surface area (TPSA) is 33.1 Å². The molecule has 0 aliphatic carbocycles. The van der Waals surface area contributed by atoms with E-state index >= 15 is 0 Å². The van der Waals surface area contributed by atoms with Gasteiger partial charge in [-0.25, -0.2) is 0 Å². The van der Waals surface area contributed by atoms with E-state index in [1.807, 2.05) is 17.9 Å². The molecule has 0 amide bonds. The van der Waals surface area contributed by atoms with Crippen LogP contribution in [-0.4, -0.2) is 47.9 Å². The van der Waals surface area contributed by atoms with Gasteiger partial charge >= 0.3 is 0 Å². The lowest BCUT2D eigenvalue weighted by molar-refractivity contribution is 0.328. The highest BCUT2D eigenvalue weighted by Gasteiger charge is 2.09. The molecule has 1 aromatic heterocycles. The molecule has 0 radical (unpaired) electrons. The smallest absolute Gasteiger partial charge is 0.0492 e. The Balaban J connectivity index is 2.40. The SMILES string of the molecule is CCNC(CCc1ccnn1C)CN(C)C. The maximum absolute atomic E-state index is 4.19. The standard InChI is InChI=1S/C12H24N4/c1-5-13-11(10-15(2)3)6-7-12-8-9-14-16(12)4/h8-9,11,13H,5-7,10H2,1-4H3. The summed E-state index contributed by atoms with van der Waals surface area (Å²) in [6.07, 6.45) is 4.11. The van der Waals surface area contributed by atoms with Crippen molar-refractivity contribution in [3.8, 4) is 0 Å². The van der Waals surface area contributed by atoms with Gasteiger partial charge in [-0.1, -0.05) is 6.92 Å². The predicted molar refractivity (Wildman–Crippen MR) is 67.5 cm³/mol. The molecule has 0 fully saturated rings. The molecule has 1 aromatic rings. The molecule has 1 N–H and O–H groups in total. The van der Waals surface area contributed by atoms with Gasteiger partial charge in [0.15, 0.2) is 0 Å². The number of nitrogens with one attached hydrogen (secondary N) is 1. The van der Waals surface area contributed by atoms with Crippen LogP contribution in [0.15, 0.2) is 12.3 Å². The average Bonchev–Trinajstić information content (AvgIpc) is 2.60. The van der Waals surface area contributed by atoms with Crippen LogP contribution in [0.5, 0.6) is 0 Å². The Morgan fingerprint density at radius 2 is 2.25 bits per heavy atom. The number of rotatable bonds is 7. The Hall–Kier alpha value is -0.870. The molecule has 0 aliphatic rings. The second-order valence-corrected chi connectivity index (χ2v) is 4.50. The van der Waals surface area contributed by atoms with Gasteiger partial charge in [-0.05, 0) is 39.5 Å². The molecule has 92 valence electrons. The van der Waals surface area contributed by atoms with Crippen LogP contribution in [0.4, 0.5) is 0 Å². The third-order valence-electron chi connectivity index (χ3n) is 2.75. The summed E-state index contributed by atoms with van der Waals surface area (Å²) in [4.78, 5) is 2.23. The van der Waals surface area contributed by atoms with Crippen molar-refractivity contribution in [2.45, 2.75) is 25.8 Å². The fourth-order valence-corrected chi connectivity index (χ4v) is 1.96. The summed E-state index contributed by atoms with van der Waals surface area (Å²) in [6.45, 7) is 4.28. The molecule has 0 bridgehead atoms. The lowest BCUT2D eigenvalue weighted by Crippen LogP contribution is -2.38. The highest BCUT2D eigenvalue weighted by atomic mass is 15.2. The Morgan fingerprint density at radius 1 is 1.50 bits per heavy atom. The predicted octanol–water partition coefficient (Wildman–Crippen LogP) is 0.892. The summed E-state index contributed by atoms with van der Waals surface area (Å²) in [5.74, 6) is 0. The summed E-state index contributed by atoms with van der Waals surface area (Å²) in [6, 6.07) is 2.66. The minimum Gasteiger partial charge on any atom is -0.313 e. The molecule has 4 nitrogen and oxygen atoms in total. The van der Waals surface area contributed by atoms with E-state index in [1.165, 1.54) is 5.69 Å². The minimum absolute atomic E-state index is 0.565. The van der Waals surface area contributed by atoms with E-state index in [0.29, 0.717) is 6.04 Å². The Bertz CT molecular complexity index is 293. The molecule has 0 aromatic carbocycles. The zero-order chi connectivity index (χ0) is 12.0. The summed E-state index contributed by atoms with van der Waals surface area (Å²) >= 11 is 0. The fraction of sp³-hybridized carbons (Fsp3) is 0.750. The van der Waals surface area contributed by atoms with E-state index in [-0.39, 0.29) is 0 Å². The number of aryl methyl sites for hydroxylation is 2. The first kappa shape index (κ1) is 13.2. The van der Waals surface area contributed by atoms with Gasteiger partial charge in [0.1, 0.15) is 0 Å². The van der Waals surface area contributed by atoms with Gasteiger partial charge in [0.2, 0.25) is 0 Å². The van der Waals surface area contributed by atoms with E-state index in [9.17, 15) is 0 Å². The van der Waals surface area contributed by atoms with Gasteiger partial charge in [0, 0.05) is 31.5 Å². The van der Waals surface area contributed by atoms with Crippen molar-refractivity contribution < 1.29 is 0 Å². The van der Waals surface area contributed by atoms with Crippen molar-refractivity contribution in [1.29, 1.82) is 0 Å².